The molecular weight excluding hydrogens is 210 g/mol. The van der Waals surface area contributed by atoms with Gasteiger partial charge < -0.3 is 10.2 Å². The van der Waals surface area contributed by atoms with E-state index >= 15 is 0 Å². The van der Waals surface area contributed by atoms with E-state index in [1.165, 1.54) is 52.0 Å². The largest absolute Gasteiger partial charge is 0.317 e. The van der Waals surface area contributed by atoms with Crippen molar-refractivity contribution in [1.82, 2.24) is 15.1 Å². The Kier molecular flexibility index (Phi) is 4.83. The Hall–Kier alpha value is -0.120. The van der Waals surface area contributed by atoms with Crippen LogP contribution >= 0.6 is 0 Å². The number of likely N-dealkylation sites (N-methyl/N-ethyl adjacent to an activating group) is 1. The van der Waals surface area contributed by atoms with Crippen molar-refractivity contribution in [1.29, 1.82) is 0 Å². The predicted octanol–water partition coefficient (Wildman–Crippen LogP) is 1.40. The van der Waals surface area contributed by atoms with Crippen molar-refractivity contribution < 1.29 is 0 Å². The van der Waals surface area contributed by atoms with Crippen molar-refractivity contribution in [2.75, 3.05) is 39.8 Å². The standard InChI is InChI=1S/C14H29N3/c1-4-17-9-8-16(10-12(17)2)11-13-6-5-7-14(13)15-3/h12-15H,4-11H2,1-3H3. The molecule has 0 aromatic carbocycles. The van der Waals surface area contributed by atoms with E-state index in [4.69, 9.17) is 0 Å². The molecule has 0 radical (unpaired) electrons. The Morgan fingerprint density at radius 1 is 1.24 bits per heavy atom. The molecule has 1 N–H and O–H groups in total. The number of nitrogens with zero attached hydrogens (tertiary/aromatic N) is 2. The molecule has 1 saturated heterocycles. The average molecular weight is 239 g/mol. The van der Waals surface area contributed by atoms with E-state index in [0.717, 1.165) is 18.0 Å². The normalized spacial score (nSPS) is 36.5. The first-order valence-electron chi connectivity index (χ1n) is 7.38. The molecule has 0 spiro atoms. The molecule has 0 bridgehead atoms. The van der Waals surface area contributed by atoms with Crippen LogP contribution in [0.1, 0.15) is 33.1 Å². The predicted molar refractivity (Wildman–Crippen MR) is 73.3 cm³/mol. The zero-order valence-corrected chi connectivity index (χ0v) is 11.8. The topological polar surface area (TPSA) is 18.5 Å². The molecule has 1 aliphatic carbocycles. The van der Waals surface area contributed by atoms with Crippen molar-refractivity contribution in [2.45, 2.75) is 45.2 Å². The van der Waals surface area contributed by atoms with Crippen molar-refractivity contribution in [3.63, 3.8) is 0 Å². The number of rotatable bonds is 4. The summed E-state index contributed by atoms with van der Waals surface area (Å²) in [6.07, 6.45) is 4.22. The van der Waals surface area contributed by atoms with Crippen LogP contribution in [0, 0.1) is 5.92 Å². The van der Waals surface area contributed by atoms with Gasteiger partial charge in [-0.1, -0.05) is 13.3 Å². The highest BCUT2D eigenvalue weighted by Gasteiger charge is 2.30. The van der Waals surface area contributed by atoms with Crippen molar-refractivity contribution in [2.24, 2.45) is 5.92 Å². The van der Waals surface area contributed by atoms with Gasteiger partial charge in [0.1, 0.15) is 0 Å². The summed E-state index contributed by atoms with van der Waals surface area (Å²) in [6, 6.07) is 1.51. The summed E-state index contributed by atoms with van der Waals surface area (Å²) in [7, 11) is 2.13. The van der Waals surface area contributed by atoms with Crippen LogP contribution < -0.4 is 5.32 Å². The highest BCUT2D eigenvalue weighted by atomic mass is 15.3. The highest BCUT2D eigenvalue weighted by Crippen LogP contribution is 2.26. The average Bonchev–Trinajstić information content (AvgIpc) is 2.76. The third-order valence-corrected chi connectivity index (χ3v) is 4.78. The van der Waals surface area contributed by atoms with Crippen LogP contribution in [0.4, 0.5) is 0 Å². The number of piperazine rings is 1. The quantitative estimate of drug-likeness (QED) is 0.800. The second-order valence-electron chi connectivity index (χ2n) is 5.82. The molecule has 0 aromatic heterocycles. The molecule has 3 atom stereocenters. The summed E-state index contributed by atoms with van der Waals surface area (Å²) in [4.78, 5) is 5.29. The van der Waals surface area contributed by atoms with Crippen LogP contribution in [0.2, 0.25) is 0 Å². The number of hydrogen-bond donors (Lipinski definition) is 1. The Bertz CT molecular complexity index is 232. The first kappa shape index (κ1) is 13.3. The summed E-state index contributed by atoms with van der Waals surface area (Å²) in [6.45, 7) is 11.0. The number of hydrogen-bond acceptors (Lipinski definition) is 3. The van der Waals surface area contributed by atoms with E-state index in [2.05, 4.69) is 36.0 Å². The zero-order chi connectivity index (χ0) is 12.3. The summed E-state index contributed by atoms with van der Waals surface area (Å²) in [5.41, 5.74) is 0. The Morgan fingerprint density at radius 2 is 2.06 bits per heavy atom. The van der Waals surface area contributed by atoms with Gasteiger partial charge in [0.2, 0.25) is 0 Å². The minimum atomic E-state index is 0.739. The Labute approximate surface area is 107 Å². The van der Waals surface area contributed by atoms with Gasteiger partial charge in [0, 0.05) is 38.3 Å². The SMILES string of the molecule is CCN1CCN(CC2CCCC2NC)CC1C. The van der Waals surface area contributed by atoms with Crippen LogP contribution in [0.15, 0.2) is 0 Å². The monoisotopic (exact) mass is 239 g/mol. The molecule has 100 valence electrons. The van der Waals surface area contributed by atoms with E-state index in [0.29, 0.717) is 0 Å². The van der Waals surface area contributed by atoms with Crippen molar-refractivity contribution in [3.8, 4) is 0 Å². The van der Waals surface area contributed by atoms with Crippen LogP contribution in [-0.2, 0) is 0 Å². The second-order valence-corrected chi connectivity index (χ2v) is 5.82. The van der Waals surface area contributed by atoms with Gasteiger partial charge in [0.25, 0.3) is 0 Å². The lowest BCUT2D eigenvalue weighted by molar-refractivity contribution is 0.0748. The fourth-order valence-electron chi connectivity index (χ4n) is 3.67. The molecule has 1 saturated carbocycles. The molecule has 2 fully saturated rings. The molecule has 3 nitrogen and oxygen atoms in total. The molecular formula is C14H29N3. The van der Waals surface area contributed by atoms with Crippen LogP contribution in [0.25, 0.3) is 0 Å². The molecule has 1 heterocycles. The summed E-state index contributed by atoms with van der Waals surface area (Å²) < 4.78 is 0. The zero-order valence-electron chi connectivity index (χ0n) is 11.8. The lowest BCUT2D eigenvalue weighted by Crippen LogP contribution is -2.53. The van der Waals surface area contributed by atoms with Crippen molar-refractivity contribution in [3.05, 3.63) is 0 Å². The lowest BCUT2D eigenvalue weighted by atomic mass is 10.0. The van der Waals surface area contributed by atoms with Crippen LogP contribution in [0.3, 0.4) is 0 Å². The minimum absolute atomic E-state index is 0.739. The molecule has 2 aliphatic rings. The third-order valence-electron chi connectivity index (χ3n) is 4.78. The maximum absolute atomic E-state index is 3.50. The van der Waals surface area contributed by atoms with Crippen molar-refractivity contribution >= 4 is 0 Å². The van der Waals surface area contributed by atoms with Gasteiger partial charge in [0.15, 0.2) is 0 Å². The first-order chi connectivity index (χ1) is 8.24. The molecule has 3 heteroatoms. The fourth-order valence-corrected chi connectivity index (χ4v) is 3.67. The lowest BCUT2D eigenvalue weighted by Gasteiger charge is -2.40. The van der Waals surface area contributed by atoms with Gasteiger partial charge in [-0.05, 0) is 39.3 Å². The van der Waals surface area contributed by atoms with Gasteiger partial charge in [-0.25, -0.2) is 0 Å². The summed E-state index contributed by atoms with van der Waals surface area (Å²) in [5.74, 6) is 0.889. The fraction of sp³-hybridized carbons (Fsp3) is 1.00. The van der Waals surface area contributed by atoms with E-state index in [1.807, 2.05) is 0 Å². The highest BCUT2D eigenvalue weighted by molar-refractivity contribution is 4.87. The van der Waals surface area contributed by atoms with E-state index < -0.39 is 0 Å². The minimum Gasteiger partial charge on any atom is -0.317 e. The maximum Gasteiger partial charge on any atom is 0.0195 e. The van der Waals surface area contributed by atoms with Gasteiger partial charge in [-0.2, -0.15) is 0 Å². The van der Waals surface area contributed by atoms with Gasteiger partial charge in [-0.3, -0.25) is 4.90 Å². The summed E-state index contributed by atoms with van der Waals surface area (Å²) in [5, 5.41) is 3.50. The maximum atomic E-state index is 3.50. The molecule has 3 unspecified atom stereocenters. The first-order valence-corrected chi connectivity index (χ1v) is 7.38. The molecule has 0 aromatic rings. The summed E-state index contributed by atoms with van der Waals surface area (Å²) >= 11 is 0. The molecule has 0 amide bonds. The second kappa shape index (κ2) is 6.17. The van der Waals surface area contributed by atoms with E-state index in [-0.39, 0.29) is 0 Å². The van der Waals surface area contributed by atoms with E-state index in [9.17, 15) is 0 Å². The molecule has 1 aliphatic heterocycles. The van der Waals surface area contributed by atoms with Gasteiger partial charge in [0.05, 0.1) is 0 Å². The van der Waals surface area contributed by atoms with E-state index in [1.54, 1.807) is 0 Å². The smallest absolute Gasteiger partial charge is 0.0195 e. The van der Waals surface area contributed by atoms with Crippen LogP contribution in [-0.4, -0.2) is 61.7 Å². The van der Waals surface area contributed by atoms with Gasteiger partial charge >= 0.3 is 0 Å². The molecule has 2 rings (SSSR count). The third kappa shape index (κ3) is 3.21. The molecule has 17 heavy (non-hydrogen) atoms. The number of nitrogens with one attached hydrogen (secondary N) is 1. The van der Waals surface area contributed by atoms with Gasteiger partial charge in [-0.15, -0.1) is 0 Å². The van der Waals surface area contributed by atoms with Crippen LogP contribution in [0.5, 0.6) is 0 Å². The Balaban J connectivity index is 1.80. The Morgan fingerprint density at radius 3 is 2.71 bits per heavy atom.